The lowest BCUT2D eigenvalue weighted by molar-refractivity contribution is 0.390. The minimum absolute atomic E-state index is 0.0893. The van der Waals surface area contributed by atoms with Gasteiger partial charge in [0.1, 0.15) is 0 Å². The maximum absolute atomic E-state index is 5.85. The molecule has 4 atom stereocenters. The van der Waals surface area contributed by atoms with E-state index < -0.39 is 0 Å². The normalized spacial score (nSPS) is 25.8. The number of hydrogen-bond acceptors (Lipinski definition) is 2. The summed E-state index contributed by atoms with van der Waals surface area (Å²) in [5.74, 6) is 1.55. The summed E-state index contributed by atoms with van der Waals surface area (Å²) in [6, 6.07) is 23.6. The van der Waals surface area contributed by atoms with Gasteiger partial charge >= 0.3 is 0 Å². The molecular formula is C31H34N2. The molecule has 0 aromatic heterocycles. The molecule has 3 aromatic carbocycles. The molecule has 2 aliphatic carbocycles. The second kappa shape index (κ2) is 8.26. The zero-order valence-electron chi connectivity index (χ0n) is 19.9. The van der Waals surface area contributed by atoms with Crippen LogP contribution in [0.1, 0.15) is 54.5 Å². The molecule has 0 aliphatic heterocycles. The Morgan fingerprint density at radius 2 is 1.39 bits per heavy atom. The molecule has 0 saturated heterocycles. The molecule has 4 N–H and O–H groups in total. The Morgan fingerprint density at radius 3 is 2.03 bits per heavy atom. The Balaban J connectivity index is 1.33. The molecule has 2 heteroatoms. The summed E-state index contributed by atoms with van der Waals surface area (Å²) in [5, 5.41) is 0. The van der Waals surface area contributed by atoms with Crippen LogP contribution in [0.2, 0.25) is 0 Å². The SMILES string of the molecule is CC1C=C(C2(C)c3ccc(Cc4ccc(N)cc4)cc3C2C)C=CC1Cc1ccc(N)cc1. The average molecular weight is 435 g/mol. The second-order valence-corrected chi connectivity index (χ2v) is 10.2. The summed E-state index contributed by atoms with van der Waals surface area (Å²) in [4.78, 5) is 0. The van der Waals surface area contributed by atoms with Crippen molar-refractivity contribution in [2.24, 2.45) is 11.8 Å². The standard InChI is InChI=1S/C31H34N2/c1-20-16-26(10-9-25(20)18-23-6-13-28(33)14-7-23)31(3)21(2)29-19-24(8-15-30(29)31)17-22-4-11-27(32)12-5-22/h4-16,19-21,25H,17-18,32-33H2,1-3H3. The molecule has 33 heavy (non-hydrogen) atoms. The average Bonchev–Trinajstić information content (AvgIpc) is 2.82. The molecule has 0 heterocycles. The van der Waals surface area contributed by atoms with E-state index in [2.05, 4.69) is 81.5 Å². The predicted octanol–water partition coefficient (Wildman–Crippen LogP) is 6.81. The molecule has 3 aromatic rings. The van der Waals surface area contributed by atoms with Gasteiger partial charge in [-0.15, -0.1) is 0 Å². The van der Waals surface area contributed by atoms with Crippen LogP contribution in [-0.4, -0.2) is 0 Å². The number of hydrogen-bond donors (Lipinski definition) is 2. The number of rotatable bonds is 5. The Kier molecular flexibility index (Phi) is 5.40. The highest BCUT2D eigenvalue weighted by Crippen LogP contribution is 2.57. The van der Waals surface area contributed by atoms with Crippen molar-refractivity contribution in [2.75, 3.05) is 11.5 Å². The van der Waals surface area contributed by atoms with Crippen molar-refractivity contribution in [3.63, 3.8) is 0 Å². The van der Waals surface area contributed by atoms with Crippen molar-refractivity contribution in [1.82, 2.24) is 0 Å². The summed E-state index contributed by atoms with van der Waals surface area (Å²) in [6.45, 7) is 7.16. The van der Waals surface area contributed by atoms with Gasteiger partial charge in [0.05, 0.1) is 0 Å². The van der Waals surface area contributed by atoms with E-state index in [1.165, 1.54) is 33.4 Å². The zero-order valence-corrected chi connectivity index (χ0v) is 19.9. The van der Waals surface area contributed by atoms with E-state index in [9.17, 15) is 0 Å². The van der Waals surface area contributed by atoms with Crippen LogP contribution in [0.25, 0.3) is 0 Å². The van der Waals surface area contributed by atoms with Crippen LogP contribution in [0, 0.1) is 11.8 Å². The molecule has 4 unspecified atom stereocenters. The van der Waals surface area contributed by atoms with E-state index >= 15 is 0 Å². The molecule has 5 rings (SSSR count). The highest BCUT2D eigenvalue weighted by atomic mass is 14.5. The van der Waals surface area contributed by atoms with E-state index in [1.807, 2.05) is 24.3 Å². The molecule has 0 spiro atoms. The second-order valence-electron chi connectivity index (χ2n) is 10.2. The first kappa shape index (κ1) is 21.6. The first-order valence-electron chi connectivity index (χ1n) is 12.1. The van der Waals surface area contributed by atoms with Gasteiger partial charge in [0.15, 0.2) is 0 Å². The van der Waals surface area contributed by atoms with Crippen LogP contribution in [0.3, 0.4) is 0 Å². The highest BCUT2D eigenvalue weighted by molar-refractivity contribution is 5.59. The Bertz CT molecular complexity index is 1220. The Labute approximate surface area is 198 Å². The van der Waals surface area contributed by atoms with E-state index in [1.54, 1.807) is 0 Å². The molecule has 2 nitrogen and oxygen atoms in total. The van der Waals surface area contributed by atoms with Crippen LogP contribution in [-0.2, 0) is 18.3 Å². The van der Waals surface area contributed by atoms with Gasteiger partial charge < -0.3 is 11.5 Å². The van der Waals surface area contributed by atoms with Gasteiger partial charge in [-0.2, -0.15) is 0 Å². The summed E-state index contributed by atoms with van der Waals surface area (Å²) in [6.07, 6.45) is 9.34. The highest BCUT2D eigenvalue weighted by Gasteiger charge is 2.47. The van der Waals surface area contributed by atoms with Crippen molar-refractivity contribution in [1.29, 1.82) is 0 Å². The van der Waals surface area contributed by atoms with Crippen LogP contribution < -0.4 is 11.5 Å². The molecule has 0 amide bonds. The van der Waals surface area contributed by atoms with Crippen LogP contribution in [0.5, 0.6) is 0 Å². The van der Waals surface area contributed by atoms with Crippen LogP contribution in [0.15, 0.2) is 90.5 Å². The van der Waals surface area contributed by atoms with Crippen molar-refractivity contribution in [3.05, 3.63) is 118 Å². The lowest BCUT2D eigenvalue weighted by Crippen LogP contribution is -2.42. The molecule has 0 radical (unpaired) electrons. The number of allylic oxidation sites excluding steroid dienone is 4. The van der Waals surface area contributed by atoms with Gasteiger partial charge in [-0.3, -0.25) is 0 Å². The number of benzene rings is 3. The summed E-state index contributed by atoms with van der Waals surface area (Å²) in [7, 11) is 0. The van der Waals surface area contributed by atoms with Crippen LogP contribution >= 0.6 is 0 Å². The summed E-state index contributed by atoms with van der Waals surface area (Å²) < 4.78 is 0. The summed E-state index contributed by atoms with van der Waals surface area (Å²) in [5.41, 5.74) is 21.9. The van der Waals surface area contributed by atoms with Crippen molar-refractivity contribution in [3.8, 4) is 0 Å². The quantitative estimate of drug-likeness (QED) is 0.434. The molecule has 0 bridgehead atoms. The minimum atomic E-state index is 0.0893. The largest absolute Gasteiger partial charge is 0.399 e. The third-order valence-electron chi connectivity index (χ3n) is 8.09. The molecular weight excluding hydrogens is 400 g/mol. The lowest BCUT2D eigenvalue weighted by Gasteiger charge is -2.50. The fourth-order valence-electron chi connectivity index (χ4n) is 5.69. The fraction of sp³-hybridized carbons (Fsp3) is 0.290. The third kappa shape index (κ3) is 3.88. The Hall–Kier alpha value is -3.26. The van der Waals surface area contributed by atoms with Crippen molar-refractivity contribution in [2.45, 2.75) is 44.9 Å². The van der Waals surface area contributed by atoms with Gasteiger partial charge in [0, 0.05) is 16.8 Å². The number of fused-ring (bicyclic) bond motifs is 1. The molecule has 0 fully saturated rings. The first-order valence-corrected chi connectivity index (χ1v) is 12.1. The minimum Gasteiger partial charge on any atom is -0.399 e. The number of nitrogens with two attached hydrogens (primary N) is 2. The zero-order chi connectivity index (χ0) is 23.2. The third-order valence-corrected chi connectivity index (χ3v) is 8.09. The number of nitrogen functional groups attached to an aromatic ring is 2. The monoisotopic (exact) mass is 434 g/mol. The predicted molar refractivity (Wildman–Crippen MR) is 140 cm³/mol. The molecule has 168 valence electrons. The topological polar surface area (TPSA) is 52.0 Å². The number of anilines is 2. The maximum Gasteiger partial charge on any atom is 0.0314 e. The first-order chi connectivity index (χ1) is 15.8. The van der Waals surface area contributed by atoms with Crippen LogP contribution in [0.4, 0.5) is 11.4 Å². The summed E-state index contributed by atoms with van der Waals surface area (Å²) >= 11 is 0. The lowest BCUT2D eigenvalue weighted by atomic mass is 9.53. The fourth-order valence-corrected chi connectivity index (χ4v) is 5.69. The molecule has 0 saturated carbocycles. The van der Waals surface area contributed by atoms with E-state index in [0.717, 1.165) is 24.2 Å². The van der Waals surface area contributed by atoms with Crippen molar-refractivity contribution < 1.29 is 0 Å². The van der Waals surface area contributed by atoms with E-state index in [0.29, 0.717) is 17.8 Å². The maximum atomic E-state index is 5.85. The Morgan fingerprint density at radius 1 is 0.788 bits per heavy atom. The van der Waals surface area contributed by atoms with E-state index in [4.69, 9.17) is 11.5 Å². The van der Waals surface area contributed by atoms with E-state index in [-0.39, 0.29) is 5.41 Å². The van der Waals surface area contributed by atoms with Gasteiger partial charge in [0.2, 0.25) is 0 Å². The van der Waals surface area contributed by atoms with Crippen molar-refractivity contribution >= 4 is 11.4 Å². The van der Waals surface area contributed by atoms with Gasteiger partial charge in [-0.1, -0.05) is 81.5 Å². The smallest absolute Gasteiger partial charge is 0.0314 e. The molecule has 2 aliphatic rings. The van der Waals surface area contributed by atoms with Gasteiger partial charge in [-0.05, 0) is 88.3 Å². The van der Waals surface area contributed by atoms with Gasteiger partial charge in [0.25, 0.3) is 0 Å². The van der Waals surface area contributed by atoms with Gasteiger partial charge in [-0.25, -0.2) is 0 Å².